The molecular weight excluding hydrogens is 372 g/mol. The number of ether oxygens (including phenoxy) is 1. The van der Waals surface area contributed by atoms with E-state index < -0.39 is 29.0 Å². The van der Waals surface area contributed by atoms with Gasteiger partial charge in [-0.3, -0.25) is 4.79 Å². The predicted molar refractivity (Wildman–Crippen MR) is 109 cm³/mol. The minimum atomic E-state index is -1.07. The quantitative estimate of drug-likeness (QED) is 0.435. The lowest BCUT2D eigenvalue weighted by Gasteiger charge is -2.41. The van der Waals surface area contributed by atoms with Crippen molar-refractivity contribution >= 4 is 5.78 Å². The largest absolute Gasteiger partial charge is 0.511 e. The van der Waals surface area contributed by atoms with Gasteiger partial charge in [-0.15, -0.1) is 6.58 Å². The summed E-state index contributed by atoms with van der Waals surface area (Å²) in [5, 5.41) is 41.5. The molecule has 1 aliphatic carbocycles. The minimum Gasteiger partial charge on any atom is -0.511 e. The molecule has 0 aromatic heterocycles. The smallest absolute Gasteiger partial charge is 0.181 e. The van der Waals surface area contributed by atoms with Gasteiger partial charge in [-0.25, -0.2) is 0 Å². The minimum absolute atomic E-state index is 0.101. The zero-order valence-corrected chi connectivity index (χ0v) is 17.0. The van der Waals surface area contributed by atoms with Crippen molar-refractivity contribution in [2.24, 2.45) is 11.3 Å². The Morgan fingerprint density at radius 2 is 1.90 bits per heavy atom. The van der Waals surface area contributed by atoms with E-state index in [1.54, 1.807) is 6.08 Å². The first kappa shape index (κ1) is 20.6. The second-order valence-electron chi connectivity index (χ2n) is 8.26. The van der Waals surface area contributed by atoms with Crippen molar-refractivity contribution in [1.29, 1.82) is 0 Å². The van der Waals surface area contributed by atoms with Gasteiger partial charge >= 0.3 is 0 Å². The zero-order chi connectivity index (χ0) is 21.7. The van der Waals surface area contributed by atoms with E-state index >= 15 is 0 Å². The summed E-state index contributed by atoms with van der Waals surface area (Å²) >= 11 is 0. The van der Waals surface area contributed by atoms with E-state index in [-0.39, 0.29) is 40.6 Å². The molecule has 3 rings (SSSR count). The fourth-order valence-electron chi connectivity index (χ4n) is 3.83. The van der Waals surface area contributed by atoms with Crippen LogP contribution in [0.1, 0.15) is 43.6 Å². The Bertz CT molecular complexity index is 989. The van der Waals surface area contributed by atoms with Crippen molar-refractivity contribution in [2.45, 2.75) is 40.2 Å². The van der Waals surface area contributed by atoms with E-state index in [1.165, 1.54) is 6.07 Å². The summed E-state index contributed by atoms with van der Waals surface area (Å²) in [6.07, 6.45) is 3.86. The molecule has 0 amide bonds. The number of carbonyl (C=O) groups is 1. The number of ketones is 1. The Hall–Kier alpha value is -3.15. The molecule has 2 atom stereocenters. The number of aliphatic hydroxyl groups is 2. The summed E-state index contributed by atoms with van der Waals surface area (Å²) in [4.78, 5) is 13.4. The highest BCUT2D eigenvalue weighted by molar-refractivity contribution is 6.05. The monoisotopic (exact) mass is 398 g/mol. The maximum Gasteiger partial charge on any atom is 0.181 e. The number of rotatable bonds is 4. The molecule has 6 heteroatoms. The number of aromatic hydroxyl groups is 2. The lowest BCUT2D eigenvalue weighted by atomic mass is 9.71. The van der Waals surface area contributed by atoms with Crippen LogP contribution in [-0.2, 0) is 6.42 Å². The van der Waals surface area contributed by atoms with Crippen LogP contribution >= 0.6 is 0 Å². The van der Waals surface area contributed by atoms with E-state index in [2.05, 4.69) is 6.58 Å². The van der Waals surface area contributed by atoms with E-state index in [1.807, 2.05) is 33.8 Å². The number of aliphatic hydroxyl groups excluding tert-OH is 2. The molecular formula is C23H26O6. The lowest BCUT2D eigenvalue weighted by molar-refractivity contribution is 0.0658. The summed E-state index contributed by atoms with van der Waals surface area (Å²) in [6.45, 7) is 11.2. The van der Waals surface area contributed by atoms with Gasteiger partial charge in [0.2, 0.25) is 0 Å². The molecule has 2 aliphatic rings. The Kier molecular flexibility index (Phi) is 4.99. The van der Waals surface area contributed by atoms with Crippen LogP contribution in [-0.4, -0.2) is 32.3 Å². The number of fused-ring (bicyclic) bond motifs is 2. The van der Waals surface area contributed by atoms with Crippen molar-refractivity contribution in [3.63, 3.8) is 0 Å². The molecule has 29 heavy (non-hydrogen) atoms. The van der Waals surface area contributed by atoms with Gasteiger partial charge in [0.15, 0.2) is 17.3 Å². The molecule has 1 heterocycles. The summed E-state index contributed by atoms with van der Waals surface area (Å²) in [7, 11) is 0. The van der Waals surface area contributed by atoms with Crippen molar-refractivity contribution in [1.82, 2.24) is 0 Å². The molecule has 0 spiro atoms. The third kappa shape index (κ3) is 3.28. The average molecular weight is 398 g/mol. The fourth-order valence-corrected chi connectivity index (χ4v) is 3.83. The number of hydrogen-bond donors (Lipinski definition) is 4. The number of hydrogen-bond acceptors (Lipinski definition) is 6. The summed E-state index contributed by atoms with van der Waals surface area (Å²) in [5.74, 6) is -2.69. The Labute approximate surface area is 169 Å². The molecule has 1 aromatic rings. The van der Waals surface area contributed by atoms with Crippen LogP contribution in [0.2, 0.25) is 0 Å². The summed E-state index contributed by atoms with van der Waals surface area (Å²) < 4.78 is 6.05. The van der Waals surface area contributed by atoms with Gasteiger partial charge < -0.3 is 25.2 Å². The second kappa shape index (κ2) is 7.03. The number of phenolic OH excluding ortho intramolecular Hbond substituents is 2. The average Bonchev–Trinajstić information content (AvgIpc) is 2.61. The normalized spacial score (nSPS) is 21.0. The number of phenols is 2. The van der Waals surface area contributed by atoms with Crippen LogP contribution < -0.4 is 4.74 Å². The third-order valence-corrected chi connectivity index (χ3v) is 5.51. The highest BCUT2D eigenvalue weighted by Gasteiger charge is 2.49. The topological polar surface area (TPSA) is 107 Å². The van der Waals surface area contributed by atoms with Crippen LogP contribution in [0.15, 0.2) is 53.5 Å². The number of Topliss-reactive ketones (excluding diaryl/α,β-unsaturated/α-hetero) is 1. The van der Waals surface area contributed by atoms with Gasteiger partial charge in [-0.1, -0.05) is 31.6 Å². The molecule has 0 saturated carbocycles. The van der Waals surface area contributed by atoms with Crippen LogP contribution in [0.4, 0.5) is 0 Å². The van der Waals surface area contributed by atoms with Gasteiger partial charge in [0.05, 0.1) is 5.56 Å². The Morgan fingerprint density at radius 1 is 1.24 bits per heavy atom. The Balaban J connectivity index is 2.23. The molecule has 154 valence electrons. The first-order chi connectivity index (χ1) is 13.5. The van der Waals surface area contributed by atoms with Gasteiger partial charge in [0.25, 0.3) is 0 Å². The molecule has 2 unspecified atom stereocenters. The van der Waals surface area contributed by atoms with Crippen LogP contribution in [0.5, 0.6) is 17.2 Å². The van der Waals surface area contributed by atoms with Crippen molar-refractivity contribution in [2.75, 3.05) is 0 Å². The van der Waals surface area contributed by atoms with Gasteiger partial charge in [-0.2, -0.15) is 0 Å². The van der Waals surface area contributed by atoms with Gasteiger partial charge in [0.1, 0.15) is 29.3 Å². The molecule has 4 N–H and O–H groups in total. The number of benzene rings is 1. The molecule has 1 aliphatic heterocycles. The van der Waals surface area contributed by atoms with Crippen LogP contribution in [0.25, 0.3) is 0 Å². The van der Waals surface area contributed by atoms with E-state index in [0.29, 0.717) is 5.57 Å². The van der Waals surface area contributed by atoms with Crippen LogP contribution in [0.3, 0.4) is 0 Å². The number of allylic oxidation sites excluding steroid dienone is 4. The van der Waals surface area contributed by atoms with Crippen molar-refractivity contribution < 1.29 is 30.0 Å². The highest BCUT2D eigenvalue weighted by atomic mass is 16.5. The van der Waals surface area contributed by atoms with Gasteiger partial charge in [0, 0.05) is 28.7 Å². The molecule has 6 nitrogen and oxygen atoms in total. The zero-order valence-electron chi connectivity index (χ0n) is 17.0. The molecule has 0 bridgehead atoms. The highest BCUT2D eigenvalue weighted by Crippen LogP contribution is 2.49. The van der Waals surface area contributed by atoms with Gasteiger partial charge in [-0.05, 0) is 20.3 Å². The molecule has 1 aromatic carbocycles. The molecule has 0 radical (unpaired) electrons. The Morgan fingerprint density at radius 3 is 2.48 bits per heavy atom. The SMILES string of the molecule is C=CC(C)(C)C1=C(O)C=C(O)C2C(=O)c3c(cc(O)c(O)c3CC=C(C)C)OC12. The standard InChI is InChI=1S/C23H26O6/c1-6-23(4,5)19-14(25)9-13(24)18-21(28)17-12(8-7-11(2)3)20(27)15(26)10-16(17)29-22(18)19/h6-7,9-10,18,22,24-27H,1,8H2,2-5H3. The molecule has 0 saturated heterocycles. The van der Waals surface area contributed by atoms with E-state index in [0.717, 1.165) is 11.6 Å². The van der Waals surface area contributed by atoms with Crippen LogP contribution in [0, 0.1) is 11.3 Å². The lowest BCUT2D eigenvalue weighted by Crippen LogP contribution is -2.45. The maximum absolute atomic E-state index is 13.4. The number of carbonyl (C=O) groups excluding carboxylic acids is 1. The second-order valence-corrected chi connectivity index (χ2v) is 8.26. The first-order valence-corrected chi connectivity index (χ1v) is 9.39. The van der Waals surface area contributed by atoms with E-state index in [9.17, 15) is 25.2 Å². The molecule has 0 fully saturated rings. The maximum atomic E-state index is 13.4. The van der Waals surface area contributed by atoms with Crippen molar-refractivity contribution in [3.05, 3.63) is 64.7 Å². The summed E-state index contributed by atoms with van der Waals surface area (Å²) in [6, 6.07) is 1.19. The van der Waals surface area contributed by atoms with E-state index in [4.69, 9.17) is 4.74 Å². The van der Waals surface area contributed by atoms with Crippen molar-refractivity contribution in [3.8, 4) is 17.2 Å². The first-order valence-electron chi connectivity index (χ1n) is 9.39. The summed E-state index contributed by atoms with van der Waals surface area (Å²) in [5.41, 5.74) is 1.03. The predicted octanol–water partition coefficient (Wildman–Crippen LogP) is 4.65. The third-order valence-electron chi connectivity index (χ3n) is 5.51. The fraction of sp³-hybridized carbons (Fsp3) is 0.348.